The molecule has 5 heteroatoms. The number of furan rings is 1. The van der Waals surface area contributed by atoms with Crippen LogP contribution in [0.5, 0.6) is 0 Å². The van der Waals surface area contributed by atoms with Gasteiger partial charge in [0.1, 0.15) is 6.26 Å². The van der Waals surface area contributed by atoms with Crippen LogP contribution in [0.25, 0.3) is 0 Å². The van der Waals surface area contributed by atoms with Crippen LogP contribution in [0.2, 0.25) is 0 Å². The molecule has 0 N–H and O–H groups in total. The van der Waals surface area contributed by atoms with Gasteiger partial charge in [-0.05, 0) is 29.2 Å². The van der Waals surface area contributed by atoms with Gasteiger partial charge in [0.15, 0.2) is 0 Å². The SMILES string of the molecule is CC(C)(C)c1ccc(C(=O)N2CCN(C(=O)c3ccoc3)CC2)cc1. The molecule has 25 heavy (non-hydrogen) atoms. The second-order valence-electron chi connectivity index (χ2n) is 7.42. The van der Waals surface area contributed by atoms with E-state index in [0.717, 1.165) is 0 Å². The van der Waals surface area contributed by atoms with E-state index in [1.807, 2.05) is 29.2 Å². The van der Waals surface area contributed by atoms with Crippen LogP contribution >= 0.6 is 0 Å². The second-order valence-corrected chi connectivity index (χ2v) is 7.42. The molecule has 132 valence electrons. The number of nitrogens with zero attached hydrogens (tertiary/aromatic N) is 2. The van der Waals surface area contributed by atoms with E-state index in [1.54, 1.807) is 11.0 Å². The smallest absolute Gasteiger partial charge is 0.257 e. The maximum absolute atomic E-state index is 12.7. The summed E-state index contributed by atoms with van der Waals surface area (Å²) in [6.07, 6.45) is 2.95. The van der Waals surface area contributed by atoms with Gasteiger partial charge < -0.3 is 14.2 Å². The van der Waals surface area contributed by atoms with E-state index in [-0.39, 0.29) is 17.2 Å². The van der Waals surface area contributed by atoms with Gasteiger partial charge in [0.25, 0.3) is 11.8 Å². The van der Waals surface area contributed by atoms with Gasteiger partial charge in [0, 0.05) is 31.7 Å². The van der Waals surface area contributed by atoms with E-state index in [4.69, 9.17) is 4.42 Å². The van der Waals surface area contributed by atoms with Gasteiger partial charge in [0.2, 0.25) is 0 Å². The number of carbonyl (C=O) groups excluding carboxylic acids is 2. The minimum atomic E-state index is -0.0459. The first-order valence-electron chi connectivity index (χ1n) is 8.57. The third-order valence-electron chi connectivity index (χ3n) is 4.62. The predicted octanol–water partition coefficient (Wildman–Crippen LogP) is 3.18. The fraction of sp³-hybridized carbons (Fsp3) is 0.400. The van der Waals surface area contributed by atoms with E-state index in [9.17, 15) is 9.59 Å². The fourth-order valence-corrected chi connectivity index (χ4v) is 2.98. The van der Waals surface area contributed by atoms with Gasteiger partial charge in [-0.3, -0.25) is 9.59 Å². The number of rotatable bonds is 2. The maximum atomic E-state index is 12.7. The molecular formula is C20H24N2O3. The molecule has 1 fully saturated rings. The summed E-state index contributed by atoms with van der Waals surface area (Å²) in [7, 11) is 0. The Bertz CT molecular complexity index is 734. The zero-order valence-corrected chi connectivity index (χ0v) is 15.0. The van der Waals surface area contributed by atoms with Gasteiger partial charge in [-0.25, -0.2) is 0 Å². The van der Waals surface area contributed by atoms with Gasteiger partial charge in [0.05, 0.1) is 11.8 Å². The molecule has 0 bridgehead atoms. The summed E-state index contributed by atoms with van der Waals surface area (Å²) in [6, 6.07) is 9.49. The minimum Gasteiger partial charge on any atom is -0.472 e. The molecular weight excluding hydrogens is 316 g/mol. The summed E-state index contributed by atoms with van der Waals surface area (Å²) in [5.74, 6) is -0.0220. The molecule has 1 aliphatic rings. The highest BCUT2D eigenvalue weighted by Crippen LogP contribution is 2.22. The molecule has 1 aromatic carbocycles. The molecule has 0 atom stereocenters. The third kappa shape index (κ3) is 3.76. The monoisotopic (exact) mass is 340 g/mol. The number of amides is 2. The summed E-state index contributed by atoms with van der Waals surface area (Å²) < 4.78 is 4.97. The Morgan fingerprint density at radius 2 is 1.36 bits per heavy atom. The summed E-state index contributed by atoms with van der Waals surface area (Å²) in [4.78, 5) is 28.5. The van der Waals surface area contributed by atoms with Gasteiger partial charge in [-0.1, -0.05) is 32.9 Å². The lowest BCUT2D eigenvalue weighted by Gasteiger charge is -2.34. The van der Waals surface area contributed by atoms with Crippen LogP contribution < -0.4 is 0 Å². The van der Waals surface area contributed by atoms with Crippen molar-refractivity contribution in [3.05, 3.63) is 59.5 Å². The third-order valence-corrected chi connectivity index (χ3v) is 4.62. The number of hydrogen-bond acceptors (Lipinski definition) is 3. The van der Waals surface area contributed by atoms with Crippen molar-refractivity contribution in [2.24, 2.45) is 0 Å². The van der Waals surface area contributed by atoms with Crippen molar-refractivity contribution >= 4 is 11.8 Å². The highest BCUT2D eigenvalue weighted by molar-refractivity contribution is 5.95. The van der Waals surface area contributed by atoms with Crippen LogP contribution in [0.3, 0.4) is 0 Å². The number of carbonyl (C=O) groups is 2. The number of benzene rings is 1. The van der Waals surface area contributed by atoms with Crippen LogP contribution in [0.4, 0.5) is 0 Å². The molecule has 2 aromatic rings. The lowest BCUT2D eigenvalue weighted by molar-refractivity contribution is 0.0535. The quantitative estimate of drug-likeness (QED) is 0.844. The Morgan fingerprint density at radius 3 is 1.80 bits per heavy atom. The summed E-state index contributed by atoms with van der Waals surface area (Å²) in [6.45, 7) is 8.62. The van der Waals surface area contributed by atoms with E-state index < -0.39 is 0 Å². The Labute approximate surface area is 148 Å². The second kappa shape index (κ2) is 6.75. The topological polar surface area (TPSA) is 53.8 Å². The average Bonchev–Trinajstić information content (AvgIpc) is 3.14. The number of hydrogen-bond donors (Lipinski definition) is 0. The normalized spacial score (nSPS) is 15.3. The molecule has 0 aliphatic carbocycles. The lowest BCUT2D eigenvalue weighted by atomic mass is 9.86. The van der Waals surface area contributed by atoms with Crippen LogP contribution in [-0.2, 0) is 5.41 Å². The van der Waals surface area contributed by atoms with E-state index >= 15 is 0 Å². The molecule has 3 rings (SSSR count). The molecule has 1 saturated heterocycles. The lowest BCUT2D eigenvalue weighted by Crippen LogP contribution is -2.50. The van der Waals surface area contributed by atoms with Crippen LogP contribution in [0.15, 0.2) is 47.3 Å². The zero-order chi connectivity index (χ0) is 18.0. The van der Waals surface area contributed by atoms with E-state index in [0.29, 0.717) is 37.3 Å². The van der Waals surface area contributed by atoms with Crippen molar-refractivity contribution in [2.45, 2.75) is 26.2 Å². The first-order chi connectivity index (χ1) is 11.9. The van der Waals surface area contributed by atoms with Crippen LogP contribution in [0, 0.1) is 0 Å². The van der Waals surface area contributed by atoms with Gasteiger partial charge >= 0.3 is 0 Å². The molecule has 2 heterocycles. The van der Waals surface area contributed by atoms with Crippen LogP contribution in [0.1, 0.15) is 47.1 Å². The molecule has 0 saturated carbocycles. The summed E-state index contributed by atoms with van der Waals surface area (Å²) in [5, 5.41) is 0. The standard InChI is InChI=1S/C20H24N2O3/c1-20(2,3)17-6-4-15(5-7-17)18(23)21-9-11-22(12-10-21)19(24)16-8-13-25-14-16/h4-8,13-14H,9-12H2,1-3H3. The van der Waals surface area contributed by atoms with Crippen molar-refractivity contribution in [2.75, 3.05) is 26.2 Å². The summed E-state index contributed by atoms with van der Waals surface area (Å²) in [5.41, 5.74) is 2.53. The Morgan fingerprint density at radius 1 is 0.840 bits per heavy atom. The Hall–Kier alpha value is -2.56. The fourth-order valence-electron chi connectivity index (χ4n) is 2.98. The van der Waals surface area contributed by atoms with Crippen molar-refractivity contribution < 1.29 is 14.0 Å². The Kier molecular flexibility index (Phi) is 4.66. The van der Waals surface area contributed by atoms with Crippen molar-refractivity contribution in [3.63, 3.8) is 0 Å². The Balaban J connectivity index is 1.61. The minimum absolute atomic E-state index is 0.0240. The van der Waals surface area contributed by atoms with E-state index in [2.05, 4.69) is 20.8 Å². The molecule has 5 nitrogen and oxygen atoms in total. The highest BCUT2D eigenvalue weighted by Gasteiger charge is 2.26. The predicted molar refractivity (Wildman–Crippen MR) is 95.7 cm³/mol. The van der Waals surface area contributed by atoms with Gasteiger partial charge in [-0.2, -0.15) is 0 Å². The van der Waals surface area contributed by atoms with Crippen molar-refractivity contribution in [3.8, 4) is 0 Å². The molecule has 0 radical (unpaired) electrons. The zero-order valence-electron chi connectivity index (χ0n) is 15.0. The van der Waals surface area contributed by atoms with Gasteiger partial charge in [-0.15, -0.1) is 0 Å². The maximum Gasteiger partial charge on any atom is 0.257 e. The molecule has 1 aromatic heterocycles. The largest absolute Gasteiger partial charge is 0.472 e. The molecule has 2 amide bonds. The van der Waals surface area contributed by atoms with E-state index in [1.165, 1.54) is 18.1 Å². The molecule has 1 aliphatic heterocycles. The summed E-state index contributed by atoms with van der Waals surface area (Å²) >= 11 is 0. The average molecular weight is 340 g/mol. The van der Waals surface area contributed by atoms with Crippen molar-refractivity contribution in [1.29, 1.82) is 0 Å². The van der Waals surface area contributed by atoms with Crippen LogP contribution in [-0.4, -0.2) is 47.8 Å². The molecule has 0 spiro atoms. The highest BCUT2D eigenvalue weighted by atomic mass is 16.3. The first kappa shape index (κ1) is 17.3. The van der Waals surface area contributed by atoms with Crippen molar-refractivity contribution in [1.82, 2.24) is 9.80 Å². The first-order valence-corrected chi connectivity index (χ1v) is 8.57. The molecule has 0 unspecified atom stereocenters. The number of piperazine rings is 1.